The monoisotopic (exact) mass is 560 g/mol. The van der Waals surface area contributed by atoms with Crippen LogP contribution in [-0.2, 0) is 0 Å². The van der Waals surface area contributed by atoms with Crippen LogP contribution in [-0.4, -0.2) is 0 Å². The lowest BCUT2D eigenvalue weighted by Crippen LogP contribution is -1.86. The van der Waals surface area contributed by atoms with Gasteiger partial charge in [0.05, 0.1) is 0 Å². The molecule has 204 valence electrons. The fraction of sp³-hybridized carbons (Fsp3) is 0. The zero-order valence-electron chi connectivity index (χ0n) is 23.7. The number of furan rings is 2. The maximum Gasteiger partial charge on any atom is 0.135 e. The van der Waals surface area contributed by atoms with Gasteiger partial charge in [-0.15, -0.1) is 0 Å². The normalized spacial score (nSPS) is 12.1. The largest absolute Gasteiger partial charge is 0.456 e. The van der Waals surface area contributed by atoms with Gasteiger partial charge in [0.25, 0.3) is 0 Å². The fourth-order valence-electron chi connectivity index (χ4n) is 7.13. The van der Waals surface area contributed by atoms with Crippen molar-refractivity contribution >= 4 is 76.2 Å². The van der Waals surface area contributed by atoms with Crippen molar-refractivity contribution in [3.05, 3.63) is 146 Å². The summed E-state index contributed by atoms with van der Waals surface area (Å²) in [6.07, 6.45) is 0. The lowest BCUT2D eigenvalue weighted by molar-refractivity contribution is 0.668. The van der Waals surface area contributed by atoms with E-state index in [1.54, 1.807) is 0 Å². The van der Waals surface area contributed by atoms with Crippen LogP contribution < -0.4 is 0 Å². The maximum absolute atomic E-state index is 6.09. The molecule has 0 saturated heterocycles. The fourth-order valence-corrected chi connectivity index (χ4v) is 7.13. The van der Waals surface area contributed by atoms with Crippen LogP contribution in [0.1, 0.15) is 0 Å². The second-order valence-electron chi connectivity index (χ2n) is 11.7. The molecule has 0 saturated carbocycles. The van der Waals surface area contributed by atoms with E-state index in [0.717, 1.165) is 43.9 Å². The molecule has 0 spiro atoms. The molecule has 8 aromatic carbocycles. The number of fused-ring (bicyclic) bond motifs is 12. The zero-order valence-corrected chi connectivity index (χ0v) is 23.7. The van der Waals surface area contributed by atoms with Crippen molar-refractivity contribution in [1.29, 1.82) is 0 Å². The van der Waals surface area contributed by atoms with Crippen LogP contribution in [0, 0.1) is 0 Å². The average molecular weight is 561 g/mol. The SMILES string of the molecule is c1ccc2c(c1)oc1ccc(-c3ccc4c5ccc(-c6ccc7oc8ccccc8c7c6)cc5c5ccccc5c4c3)cc12. The molecule has 0 N–H and O–H groups in total. The first-order valence-corrected chi connectivity index (χ1v) is 15.0. The minimum Gasteiger partial charge on any atom is -0.456 e. The van der Waals surface area contributed by atoms with E-state index < -0.39 is 0 Å². The Kier molecular flexibility index (Phi) is 4.75. The third-order valence-electron chi connectivity index (χ3n) is 9.26. The van der Waals surface area contributed by atoms with Gasteiger partial charge in [-0.1, -0.05) is 97.1 Å². The van der Waals surface area contributed by atoms with Crippen molar-refractivity contribution in [3.63, 3.8) is 0 Å². The Morgan fingerprint density at radius 3 is 1.00 bits per heavy atom. The first-order chi connectivity index (χ1) is 21.8. The zero-order chi connectivity index (χ0) is 28.8. The predicted octanol–water partition coefficient (Wildman–Crippen LogP) is 12.3. The van der Waals surface area contributed by atoms with Crippen molar-refractivity contribution in [1.82, 2.24) is 0 Å². The summed E-state index contributed by atoms with van der Waals surface area (Å²) >= 11 is 0. The van der Waals surface area contributed by atoms with Gasteiger partial charge in [0.2, 0.25) is 0 Å². The first-order valence-electron chi connectivity index (χ1n) is 15.0. The van der Waals surface area contributed by atoms with Gasteiger partial charge in [0.1, 0.15) is 22.3 Å². The van der Waals surface area contributed by atoms with E-state index in [2.05, 4.69) is 121 Å². The lowest BCUT2D eigenvalue weighted by Gasteiger charge is -2.13. The van der Waals surface area contributed by atoms with Crippen LogP contribution >= 0.6 is 0 Å². The Labute approximate surface area is 252 Å². The molecule has 0 unspecified atom stereocenters. The maximum atomic E-state index is 6.09. The number of benzene rings is 8. The Balaban J connectivity index is 1.17. The standard InChI is InChI=1S/C42H24O2/c1-2-8-30-29(7-1)35-21-25(27-15-19-41-37(23-27)33-9-3-5-11-39(33)43-41)13-17-31(35)32-18-14-26(22-36(30)32)28-16-20-42-38(24-28)34-10-4-6-12-40(34)44-42/h1-24H. The molecule has 0 bridgehead atoms. The minimum absolute atomic E-state index is 0.920. The van der Waals surface area contributed by atoms with Gasteiger partial charge in [-0.3, -0.25) is 0 Å². The Bertz CT molecular complexity index is 2560. The molecule has 0 aliphatic rings. The highest BCUT2D eigenvalue weighted by Crippen LogP contribution is 2.40. The van der Waals surface area contributed by atoms with E-state index in [9.17, 15) is 0 Å². The Morgan fingerprint density at radius 1 is 0.227 bits per heavy atom. The summed E-state index contributed by atoms with van der Waals surface area (Å²) in [5, 5.41) is 12.2. The first kappa shape index (κ1) is 23.7. The van der Waals surface area contributed by atoms with Crippen molar-refractivity contribution < 1.29 is 8.83 Å². The molecule has 0 aliphatic heterocycles. The third kappa shape index (κ3) is 3.37. The molecule has 2 nitrogen and oxygen atoms in total. The van der Waals surface area contributed by atoms with E-state index in [4.69, 9.17) is 8.83 Å². The van der Waals surface area contributed by atoms with Crippen LogP contribution in [0.4, 0.5) is 0 Å². The second-order valence-corrected chi connectivity index (χ2v) is 11.7. The summed E-state index contributed by atoms with van der Waals surface area (Å²) in [7, 11) is 0. The van der Waals surface area contributed by atoms with Crippen LogP contribution in [0.2, 0.25) is 0 Å². The molecule has 0 radical (unpaired) electrons. The highest BCUT2D eigenvalue weighted by Gasteiger charge is 2.14. The van der Waals surface area contributed by atoms with Crippen molar-refractivity contribution in [2.45, 2.75) is 0 Å². The smallest absolute Gasteiger partial charge is 0.135 e. The topological polar surface area (TPSA) is 26.3 Å². The summed E-state index contributed by atoms with van der Waals surface area (Å²) in [6, 6.07) is 52.2. The van der Waals surface area contributed by atoms with Gasteiger partial charge in [0.15, 0.2) is 0 Å². The Hall–Kier alpha value is -5.86. The molecule has 0 atom stereocenters. The highest BCUT2D eigenvalue weighted by atomic mass is 16.3. The Morgan fingerprint density at radius 2 is 0.545 bits per heavy atom. The minimum atomic E-state index is 0.920. The lowest BCUT2D eigenvalue weighted by atomic mass is 9.90. The van der Waals surface area contributed by atoms with Crippen molar-refractivity contribution in [2.75, 3.05) is 0 Å². The van der Waals surface area contributed by atoms with Crippen LogP contribution in [0.15, 0.2) is 154 Å². The third-order valence-corrected chi connectivity index (χ3v) is 9.26. The number of hydrogen-bond acceptors (Lipinski definition) is 2. The summed E-state index contributed by atoms with van der Waals surface area (Å²) in [4.78, 5) is 0. The average Bonchev–Trinajstić information content (AvgIpc) is 3.65. The van der Waals surface area contributed by atoms with Crippen LogP contribution in [0.5, 0.6) is 0 Å². The number of rotatable bonds is 2. The van der Waals surface area contributed by atoms with E-state index in [0.29, 0.717) is 0 Å². The van der Waals surface area contributed by atoms with Crippen LogP contribution in [0.3, 0.4) is 0 Å². The van der Waals surface area contributed by atoms with Crippen molar-refractivity contribution in [2.24, 2.45) is 0 Å². The molecule has 0 amide bonds. The molecular weight excluding hydrogens is 536 g/mol. The van der Waals surface area contributed by atoms with Gasteiger partial charge in [0, 0.05) is 21.5 Å². The molecule has 44 heavy (non-hydrogen) atoms. The van der Waals surface area contributed by atoms with E-state index in [-0.39, 0.29) is 0 Å². The van der Waals surface area contributed by atoms with Gasteiger partial charge >= 0.3 is 0 Å². The van der Waals surface area contributed by atoms with Gasteiger partial charge in [-0.05, 0) is 103 Å². The summed E-state index contributed by atoms with van der Waals surface area (Å²) in [5.41, 5.74) is 8.46. The van der Waals surface area contributed by atoms with E-state index in [1.165, 1.54) is 54.6 Å². The number of para-hydroxylation sites is 2. The molecule has 0 fully saturated rings. The molecule has 2 heteroatoms. The quantitative estimate of drug-likeness (QED) is 0.197. The second kappa shape index (κ2) is 8.82. The van der Waals surface area contributed by atoms with Crippen LogP contribution in [0.25, 0.3) is 98.4 Å². The van der Waals surface area contributed by atoms with Crippen molar-refractivity contribution in [3.8, 4) is 22.3 Å². The summed E-state index contributed by atoms with van der Waals surface area (Å²) < 4.78 is 12.2. The van der Waals surface area contributed by atoms with E-state index >= 15 is 0 Å². The summed E-state index contributed by atoms with van der Waals surface area (Å²) in [6.45, 7) is 0. The van der Waals surface area contributed by atoms with Gasteiger partial charge in [-0.25, -0.2) is 0 Å². The van der Waals surface area contributed by atoms with E-state index in [1.807, 2.05) is 24.3 Å². The summed E-state index contributed by atoms with van der Waals surface area (Å²) in [5.74, 6) is 0. The number of hydrogen-bond donors (Lipinski definition) is 0. The molecule has 10 aromatic rings. The predicted molar refractivity (Wildman–Crippen MR) is 184 cm³/mol. The van der Waals surface area contributed by atoms with Gasteiger partial charge < -0.3 is 8.83 Å². The molecular formula is C42H24O2. The molecule has 2 aromatic heterocycles. The molecule has 0 aliphatic carbocycles. The highest BCUT2D eigenvalue weighted by molar-refractivity contribution is 6.26. The molecule has 10 rings (SSSR count). The van der Waals surface area contributed by atoms with Gasteiger partial charge in [-0.2, -0.15) is 0 Å². The molecule has 2 heterocycles.